The molecule has 0 spiro atoms. The molecule has 1 aromatic heterocycles. The van der Waals surface area contributed by atoms with Crippen molar-refractivity contribution in [2.24, 2.45) is 0 Å². The topological polar surface area (TPSA) is 85.4 Å². The van der Waals surface area contributed by atoms with Crippen molar-refractivity contribution in [3.05, 3.63) is 70.9 Å². The lowest BCUT2D eigenvalue weighted by molar-refractivity contribution is -0.114. The fourth-order valence-corrected chi connectivity index (χ4v) is 4.03. The summed E-state index contributed by atoms with van der Waals surface area (Å²) in [6, 6.07) is 14.1. The number of pyridine rings is 1. The molecule has 0 radical (unpaired) electrons. The van der Waals surface area contributed by atoms with E-state index in [4.69, 9.17) is 9.72 Å². The van der Waals surface area contributed by atoms with Crippen LogP contribution in [0.5, 0.6) is 0 Å². The van der Waals surface area contributed by atoms with E-state index in [0.29, 0.717) is 16.8 Å². The lowest BCUT2D eigenvalue weighted by atomic mass is 9.90. The number of hydrogen-bond donors (Lipinski definition) is 1. The van der Waals surface area contributed by atoms with E-state index in [9.17, 15) is 14.4 Å². The van der Waals surface area contributed by atoms with Gasteiger partial charge >= 0.3 is 5.97 Å². The third-order valence-electron chi connectivity index (χ3n) is 5.52. The second-order valence-electron chi connectivity index (χ2n) is 7.81. The van der Waals surface area contributed by atoms with Gasteiger partial charge in [-0.3, -0.25) is 14.6 Å². The number of benzene rings is 2. The number of nitrogens with one attached hydrogen (secondary N) is 1. The van der Waals surface area contributed by atoms with Crippen molar-refractivity contribution in [2.45, 2.75) is 45.6 Å². The standard InChI is InChI=1S/C25H24N2O4/c1-15(24(29)17-11-13-18(14-12-17)26-16(2)28)31-25(30)23-19-7-3-5-9-21(19)27-22-10-6-4-8-20(22)23/h3,5,7,9,11-15H,4,6,8,10H2,1-2H3,(H,26,28)/t15-/m1/s1. The molecule has 4 rings (SSSR count). The van der Waals surface area contributed by atoms with Crippen molar-refractivity contribution in [1.82, 2.24) is 4.98 Å². The van der Waals surface area contributed by atoms with Gasteiger partial charge in [0.25, 0.3) is 0 Å². The summed E-state index contributed by atoms with van der Waals surface area (Å²) in [5.74, 6) is -0.975. The molecule has 1 atom stereocenters. The monoisotopic (exact) mass is 416 g/mol. The number of ether oxygens (including phenoxy) is 1. The van der Waals surface area contributed by atoms with Crippen molar-refractivity contribution in [2.75, 3.05) is 5.32 Å². The number of fused-ring (bicyclic) bond motifs is 2. The second-order valence-corrected chi connectivity index (χ2v) is 7.81. The minimum atomic E-state index is -0.940. The van der Waals surface area contributed by atoms with E-state index in [2.05, 4.69) is 5.32 Å². The zero-order chi connectivity index (χ0) is 22.0. The highest BCUT2D eigenvalue weighted by Gasteiger charge is 2.27. The molecule has 3 aromatic rings. The van der Waals surface area contributed by atoms with Gasteiger partial charge < -0.3 is 10.1 Å². The summed E-state index contributed by atoms with van der Waals surface area (Å²) in [5, 5.41) is 3.42. The number of aromatic nitrogens is 1. The molecule has 2 aromatic carbocycles. The molecule has 1 aliphatic carbocycles. The Morgan fingerprint density at radius 1 is 1.00 bits per heavy atom. The number of ketones is 1. The van der Waals surface area contributed by atoms with Gasteiger partial charge in [0, 0.05) is 29.3 Å². The molecule has 31 heavy (non-hydrogen) atoms. The van der Waals surface area contributed by atoms with Crippen molar-refractivity contribution < 1.29 is 19.1 Å². The zero-order valence-corrected chi connectivity index (χ0v) is 17.6. The molecule has 1 amide bonds. The number of esters is 1. The van der Waals surface area contributed by atoms with Crippen LogP contribution in [-0.4, -0.2) is 28.7 Å². The summed E-state index contributed by atoms with van der Waals surface area (Å²) < 4.78 is 5.64. The predicted octanol–water partition coefficient (Wildman–Crippen LogP) is 4.50. The number of para-hydroxylation sites is 1. The van der Waals surface area contributed by atoms with E-state index in [1.807, 2.05) is 24.3 Å². The third kappa shape index (κ3) is 4.33. The number of anilines is 1. The van der Waals surface area contributed by atoms with Gasteiger partial charge in [-0.25, -0.2) is 4.79 Å². The molecule has 6 nitrogen and oxygen atoms in total. The third-order valence-corrected chi connectivity index (χ3v) is 5.52. The largest absolute Gasteiger partial charge is 0.451 e. The molecule has 0 bridgehead atoms. The van der Waals surface area contributed by atoms with Gasteiger partial charge in [0.05, 0.1) is 11.1 Å². The highest BCUT2D eigenvalue weighted by molar-refractivity contribution is 6.07. The number of rotatable bonds is 5. The average Bonchev–Trinajstić information content (AvgIpc) is 2.76. The fraction of sp³-hybridized carbons (Fsp3) is 0.280. The van der Waals surface area contributed by atoms with E-state index >= 15 is 0 Å². The number of carbonyl (C=O) groups is 3. The van der Waals surface area contributed by atoms with Gasteiger partial charge in [0.15, 0.2) is 6.10 Å². The molecule has 1 aliphatic rings. The quantitative estimate of drug-likeness (QED) is 0.489. The van der Waals surface area contributed by atoms with Gasteiger partial charge in [0.1, 0.15) is 0 Å². The lowest BCUT2D eigenvalue weighted by Gasteiger charge is -2.21. The van der Waals surface area contributed by atoms with Crippen LogP contribution in [0.15, 0.2) is 48.5 Å². The van der Waals surface area contributed by atoms with Crippen LogP contribution >= 0.6 is 0 Å². The summed E-state index contributed by atoms with van der Waals surface area (Å²) in [6.07, 6.45) is 2.74. The normalized spacial score (nSPS) is 13.9. The van der Waals surface area contributed by atoms with Crippen LogP contribution in [-0.2, 0) is 22.4 Å². The van der Waals surface area contributed by atoms with Crippen LogP contribution in [0.4, 0.5) is 5.69 Å². The smallest absolute Gasteiger partial charge is 0.339 e. The Kier molecular flexibility index (Phi) is 5.80. The summed E-state index contributed by atoms with van der Waals surface area (Å²) in [5.41, 5.74) is 4.20. The first kappa shape index (κ1) is 20.7. The van der Waals surface area contributed by atoms with E-state index < -0.39 is 12.1 Å². The van der Waals surface area contributed by atoms with E-state index in [1.165, 1.54) is 6.92 Å². The van der Waals surface area contributed by atoms with E-state index in [1.54, 1.807) is 31.2 Å². The Hall–Kier alpha value is -3.54. The lowest BCUT2D eigenvalue weighted by Crippen LogP contribution is -2.26. The first-order valence-corrected chi connectivity index (χ1v) is 10.5. The Labute approximate surface area is 180 Å². The SMILES string of the molecule is CC(=O)Nc1ccc(C(=O)[C@@H](C)OC(=O)c2c3c(nc4ccccc24)CCCC3)cc1. The van der Waals surface area contributed by atoms with Gasteiger partial charge in [-0.2, -0.15) is 0 Å². The first-order valence-electron chi connectivity index (χ1n) is 10.5. The highest BCUT2D eigenvalue weighted by atomic mass is 16.5. The maximum Gasteiger partial charge on any atom is 0.339 e. The van der Waals surface area contributed by atoms with Crippen molar-refractivity contribution in [3.8, 4) is 0 Å². The molecule has 6 heteroatoms. The Morgan fingerprint density at radius 2 is 1.71 bits per heavy atom. The number of Topliss-reactive ketones (excluding diaryl/α,β-unsaturated/α-hetero) is 1. The van der Waals surface area contributed by atoms with Crippen molar-refractivity contribution in [3.63, 3.8) is 0 Å². The van der Waals surface area contributed by atoms with Crippen LogP contribution in [0.2, 0.25) is 0 Å². The van der Waals surface area contributed by atoms with Crippen LogP contribution in [0.3, 0.4) is 0 Å². The fourth-order valence-electron chi connectivity index (χ4n) is 4.03. The van der Waals surface area contributed by atoms with Crippen LogP contribution in [0, 0.1) is 0 Å². The minimum absolute atomic E-state index is 0.186. The average molecular weight is 416 g/mol. The maximum atomic E-state index is 13.2. The first-order chi connectivity index (χ1) is 14.9. The van der Waals surface area contributed by atoms with Gasteiger partial charge in [-0.1, -0.05) is 18.2 Å². The van der Waals surface area contributed by atoms with Crippen LogP contribution < -0.4 is 5.32 Å². The molecule has 0 saturated heterocycles. The molecular weight excluding hydrogens is 392 g/mol. The van der Waals surface area contributed by atoms with E-state index in [0.717, 1.165) is 47.8 Å². The molecule has 0 aliphatic heterocycles. The molecule has 158 valence electrons. The minimum Gasteiger partial charge on any atom is -0.451 e. The molecule has 0 saturated carbocycles. The maximum absolute atomic E-state index is 13.2. The molecule has 0 fully saturated rings. The number of nitrogens with zero attached hydrogens (tertiary/aromatic N) is 1. The van der Waals surface area contributed by atoms with Gasteiger partial charge in [-0.15, -0.1) is 0 Å². The number of hydrogen-bond acceptors (Lipinski definition) is 5. The van der Waals surface area contributed by atoms with E-state index in [-0.39, 0.29) is 11.7 Å². The Balaban J connectivity index is 1.59. The summed E-state index contributed by atoms with van der Waals surface area (Å²) in [7, 11) is 0. The Bertz CT molecular complexity index is 1170. The second kappa shape index (κ2) is 8.68. The predicted molar refractivity (Wildman–Crippen MR) is 118 cm³/mol. The zero-order valence-electron chi connectivity index (χ0n) is 17.6. The summed E-state index contributed by atoms with van der Waals surface area (Å²) in [4.78, 5) is 41.9. The summed E-state index contributed by atoms with van der Waals surface area (Å²) in [6.45, 7) is 3.00. The van der Waals surface area contributed by atoms with Gasteiger partial charge in [0.2, 0.25) is 11.7 Å². The number of carbonyl (C=O) groups excluding carboxylic acids is 3. The van der Waals surface area contributed by atoms with Crippen LogP contribution in [0.25, 0.3) is 10.9 Å². The van der Waals surface area contributed by atoms with Crippen molar-refractivity contribution in [1.29, 1.82) is 0 Å². The van der Waals surface area contributed by atoms with Gasteiger partial charge in [-0.05, 0) is 68.5 Å². The number of amides is 1. The molecular formula is C25H24N2O4. The molecule has 1 heterocycles. The Morgan fingerprint density at radius 3 is 2.45 bits per heavy atom. The highest BCUT2D eigenvalue weighted by Crippen LogP contribution is 2.30. The molecule has 1 N–H and O–H groups in total. The van der Waals surface area contributed by atoms with Crippen LogP contribution in [0.1, 0.15) is 58.7 Å². The molecule has 0 unspecified atom stereocenters. The summed E-state index contributed by atoms with van der Waals surface area (Å²) >= 11 is 0. The number of aryl methyl sites for hydroxylation is 1. The van der Waals surface area contributed by atoms with Crippen molar-refractivity contribution >= 4 is 34.3 Å².